The van der Waals surface area contributed by atoms with Crippen LogP contribution in [-0.2, 0) is 43.2 Å². The Balaban J connectivity index is 2.38. The van der Waals surface area contributed by atoms with Crippen molar-refractivity contribution < 1.29 is 36.2 Å². The van der Waals surface area contributed by atoms with E-state index in [1.54, 1.807) is 0 Å². The molecule has 0 spiro atoms. The van der Waals surface area contributed by atoms with Gasteiger partial charge in [0.1, 0.15) is 14.9 Å². The average molecular weight is 457 g/mol. The number of hydrogen-bond donors (Lipinski definition) is 1. The van der Waals surface area contributed by atoms with Gasteiger partial charge >= 0.3 is 0 Å². The van der Waals surface area contributed by atoms with E-state index in [0.29, 0.717) is 0 Å². The maximum Gasteiger partial charge on any atom is 0.204 e. The van der Waals surface area contributed by atoms with E-state index >= 15 is 0 Å². The molecule has 2 aliphatic rings. The van der Waals surface area contributed by atoms with Crippen LogP contribution in [0.3, 0.4) is 0 Å². The molecular formula is C15H20O8S4. The van der Waals surface area contributed by atoms with Crippen LogP contribution in [0.2, 0.25) is 0 Å². The predicted octanol–water partition coefficient (Wildman–Crippen LogP) is 0.437. The van der Waals surface area contributed by atoms with Crippen LogP contribution in [0.1, 0.15) is 20.3 Å². The molecule has 3 rings (SSSR count). The van der Waals surface area contributed by atoms with Gasteiger partial charge in [-0.05, 0) is 0 Å². The summed E-state index contributed by atoms with van der Waals surface area (Å²) in [4.78, 5) is 0. The van der Waals surface area contributed by atoms with Crippen molar-refractivity contribution in [3.8, 4) is 23.0 Å². The molecule has 2 fully saturated rings. The minimum atomic E-state index is -1.50. The molecule has 0 aromatic heterocycles. The third kappa shape index (κ3) is 3.34. The zero-order valence-corrected chi connectivity index (χ0v) is 18.2. The zero-order valence-electron chi connectivity index (χ0n) is 14.9. The second kappa shape index (κ2) is 8.18. The van der Waals surface area contributed by atoms with Gasteiger partial charge in [0, 0.05) is 66.2 Å². The molecule has 0 bridgehead atoms. The number of phenols is 1. The van der Waals surface area contributed by atoms with Crippen LogP contribution < -0.4 is 14.2 Å². The first-order valence-corrected chi connectivity index (χ1v) is 13.4. The van der Waals surface area contributed by atoms with Gasteiger partial charge in [-0.3, -0.25) is 16.8 Å². The third-order valence-electron chi connectivity index (χ3n) is 4.42. The second-order valence-electron chi connectivity index (χ2n) is 5.78. The van der Waals surface area contributed by atoms with E-state index in [1.807, 2.05) is 0 Å². The molecule has 0 radical (unpaired) electrons. The lowest BCUT2D eigenvalue weighted by atomic mass is 10.1. The Kier molecular flexibility index (Phi) is 6.28. The van der Waals surface area contributed by atoms with Crippen LogP contribution in [-0.4, -0.2) is 66.3 Å². The van der Waals surface area contributed by atoms with Gasteiger partial charge in [0.2, 0.25) is 5.75 Å². The molecule has 8 nitrogen and oxygen atoms in total. The first-order valence-electron chi connectivity index (χ1n) is 7.90. The van der Waals surface area contributed by atoms with Gasteiger partial charge in [0.25, 0.3) is 0 Å². The summed E-state index contributed by atoms with van der Waals surface area (Å²) in [6.07, 6.45) is 0. The number of ether oxygens (including phenoxy) is 3. The van der Waals surface area contributed by atoms with Crippen molar-refractivity contribution in [2.75, 3.05) is 44.3 Å². The molecule has 152 valence electrons. The SMILES string of the molecule is COc1c(OC)c(C2S(=O)CCS2=O)c(O)c(C2S(=O)CCS2=O)c1OC. The molecule has 4 unspecified atom stereocenters. The standard InChI is InChI=1S/C15H20O8S4/c1-21-11-8(14-24(17)4-5-25(14)18)10(16)9(12(22-2)13(11)23-3)15-26(19)6-7-27(15)20/h14-16H,4-7H2,1-3H3. The molecule has 2 aliphatic heterocycles. The van der Waals surface area contributed by atoms with Gasteiger partial charge in [-0.2, -0.15) is 0 Å². The topological polar surface area (TPSA) is 116 Å². The van der Waals surface area contributed by atoms with Crippen LogP contribution in [0, 0.1) is 0 Å². The molecule has 0 aliphatic carbocycles. The summed E-state index contributed by atoms with van der Waals surface area (Å²) < 4.78 is 64.1. The highest BCUT2D eigenvalue weighted by molar-refractivity contribution is 8.06. The van der Waals surface area contributed by atoms with E-state index in [2.05, 4.69) is 0 Å². The fraction of sp³-hybridized carbons (Fsp3) is 0.600. The monoisotopic (exact) mass is 456 g/mol. The minimum absolute atomic E-state index is 0.0544. The maximum atomic E-state index is 12.5. The Labute approximate surface area is 166 Å². The molecule has 2 saturated heterocycles. The predicted molar refractivity (Wildman–Crippen MR) is 105 cm³/mol. The maximum absolute atomic E-state index is 12.5. The second-order valence-corrected chi connectivity index (χ2v) is 12.9. The van der Waals surface area contributed by atoms with Gasteiger partial charge in [-0.1, -0.05) is 0 Å². The van der Waals surface area contributed by atoms with E-state index in [1.165, 1.54) is 21.3 Å². The first-order chi connectivity index (χ1) is 12.9. The van der Waals surface area contributed by atoms with Crippen LogP contribution >= 0.6 is 0 Å². The highest BCUT2D eigenvalue weighted by atomic mass is 32.3. The molecule has 1 N–H and O–H groups in total. The summed E-state index contributed by atoms with van der Waals surface area (Å²) in [6, 6.07) is 0. The lowest BCUT2D eigenvalue weighted by molar-refractivity contribution is 0.315. The summed E-state index contributed by atoms with van der Waals surface area (Å²) in [5, 5.41) is 11.1. The number of benzene rings is 1. The van der Waals surface area contributed by atoms with Crippen molar-refractivity contribution in [3.05, 3.63) is 11.1 Å². The minimum Gasteiger partial charge on any atom is -0.507 e. The molecule has 0 amide bonds. The summed E-state index contributed by atoms with van der Waals surface area (Å²) in [7, 11) is -1.96. The zero-order chi connectivity index (χ0) is 19.9. The Bertz CT molecular complexity index is 771. The first kappa shape index (κ1) is 20.7. The number of methoxy groups -OCH3 is 3. The van der Waals surface area contributed by atoms with Gasteiger partial charge in [-0.15, -0.1) is 0 Å². The van der Waals surface area contributed by atoms with Crippen molar-refractivity contribution in [2.24, 2.45) is 0 Å². The van der Waals surface area contributed by atoms with E-state index in [4.69, 9.17) is 14.2 Å². The number of aromatic hydroxyl groups is 1. The average Bonchev–Trinajstić information content (AvgIpc) is 3.15. The number of phenolic OH excluding ortho intramolecular Hbond substituents is 1. The van der Waals surface area contributed by atoms with E-state index < -0.39 is 58.1 Å². The summed E-state index contributed by atoms with van der Waals surface area (Å²) in [5.74, 6) is 0.708. The van der Waals surface area contributed by atoms with Crippen molar-refractivity contribution >= 4 is 43.2 Å². The summed E-state index contributed by atoms with van der Waals surface area (Å²) in [5.41, 5.74) is 0.112. The van der Waals surface area contributed by atoms with Crippen molar-refractivity contribution in [1.82, 2.24) is 0 Å². The molecule has 0 saturated carbocycles. The highest BCUT2D eigenvalue weighted by Crippen LogP contribution is 2.56. The molecule has 1 aromatic carbocycles. The summed E-state index contributed by atoms with van der Waals surface area (Å²) >= 11 is 0. The summed E-state index contributed by atoms with van der Waals surface area (Å²) in [6.45, 7) is 0. The Morgan fingerprint density at radius 2 is 0.963 bits per heavy atom. The fourth-order valence-corrected chi connectivity index (χ4v) is 11.7. The van der Waals surface area contributed by atoms with Gasteiger partial charge in [0.05, 0.1) is 32.5 Å². The molecule has 1 aromatic rings. The molecular weight excluding hydrogens is 436 g/mol. The van der Waals surface area contributed by atoms with Crippen molar-refractivity contribution in [3.63, 3.8) is 0 Å². The largest absolute Gasteiger partial charge is 0.507 e. The Morgan fingerprint density at radius 1 is 0.667 bits per heavy atom. The van der Waals surface area contributed by atoms with Gasteiger partial charge in [0.15, 0.2) is 11.5 Å². The molecule has 27 heavy (non-hydrogen) atoms. The lowest BCUT2D eigenvalue weighted by Gasteiger charge is -2.24. The van der Waals surface area contributed by atoms with Crippen LogP contribution in [0.4, 0.5) is 0 Å². The molecule has 12 heteroatoms. The van der Waals surface area contributed by atoms with Crippen LogP contribution in [0.15, 0.2) is 0 Å². The van der Waals surface area contributed by atoms with E-state index in [-0.39, 0.29) is 51.4 Å². The number of hydrogen-bond acceptors (Lipinski definition) is 8. The fourth-order valence-electron chi connectivity index (χ4n) is 3.26. The molecule has 2 heterocycles. The van der Waals surface area contributed by atoms with E-state index in [9.17, 15) is 21.9 Å². The van der Waals surface area contributed by atoms with E-state index in [0.717, 1.165) is 0 Å². The van der Waals surface area contributed by atoms with Gasteiger partial charge < -0.3 is 19.3 Å². The van der Waals surface area contributed by atoms with Crippen molar-refractivity contribution in [2.45, 2.75) is 9.16 Å². The van der Waals surface area contributed by atoms with Gasteiger partial charge in [-0.25, -0.2) is 0 Å². The lowest BCUT2D eigenvalue weighted by Crippen LogP contribution is -2.14. The normalized spacial score (nSPS) is 33.1. The Hall–Kier alpha value is -0.980. The highest BCUT2D eigenvalue weighted by Gasteiger charge is 2.44. The van der Waals surface area contributed by atoms with Crippen LogP contribution in [0.25, 0.3) is 0 Å². The van der Waals surface area contributed by atoms with Crippen LogP contribution in [0.5, 0.6) is 23.0 Å². The number of rotatable bonds is 5. The smallest absolute Gasteiger partial charge is 0.204 e. The third-order valence-corrected chi connectivity index (χ3v) is 12.8. The van der Waals surface area contributed by atoms with Crippen molar-refractivity contribution in [1.29, 1.82) is 0 Å². The quantitative estimate of drug-likeness (QED) is 0.678. The Morgan fingerprint density at radius 3 is 1.22 bits per heavy atom. The molecule has 4 atom stereocenters.